The summed E-state index contributed by atoms with van der Waals surface area (Å²) in [6.07, 6.45) is 10.7. The second kappa shape index (κ2) is 9.80. The molecular weight excluding hydrogens is 357 g/mol. The summed E-state index contributed by atoms with van der Waals surface area (Å²) in [4.78, 5) is 15.4. The highest BCUT2D eigenvalue weighted by Gasteiger charge is 2.20. The van der Waals surface area contributed by atoms with Crippen LogP contribution in [0.25, 0.3) is 5.69 Å². The van der Waals surface area contributed by atoms with Crippen molar-refractivity contribution < 1.29 is 4.39 Å². The van der Waals surface area contributed by atoms with Gasteiger partial charge in [-0.2, -0.15) is 4.98 Å². The van der Waals surface area contributed by atoms with Crippen LogP contribution in [0.2, 0.25) is 0 Å². The van der Waals surface area contributed by atoms with Gasteiger partial charge in [0, 0.05) is 24.3 Å². The Morgan fingerprint density at radius 3 is 2.46 bits per heavy atom. The van der Waals surface area contributed by atoms with Crippen LogP contribution >= 0.6 is 0 Å². The minimum Gasteiger partial charge on any atom is -0.383 e. The molecule has 28 heavy (non-hydrogen) atoms. The zero-order valence-electron chi connectivity index (χ0n) is 16.2. The van der Waals surface area contributed by atoms with Crippen molar-refractivity contribution in [2.45, 2.75) is 57.5 Å². The highest BCUT2D eigenvalue weighted by atomic mass is 19.1. The van der Waals surface area contributed by atoms with Gasteiger partial charge in [0.1, 0.15) is 11.6 Å². The van der Waals surface area contributed by atoms with E-state index in [1.165, 1.54) is 67.8 Å². The van der Waals surface area contributed by atoms with Gasteiger partial charge in [0.05, 0.1) is 5.69 Å². The number of aromatic nitrogens is 2. The van der Waals surface area contributed by atoms with Crippen LogP contribution in [-0.2, 0) is 6.54 Å². The Labute approximate surface area is 165 Å². The highest BCUT2D eigenvalue weighted by molar-refractivity contribution is 5.37. The molecule has 2 fully saturated rings. The lowest BCUT2D eigenvalue weighted by atomic mass is 9.97. The topological polar surface area (TPSA) is 99.0 Å². The fraction of sp³-hybridized carbons (Fsp3) is 0.524. The minimum absolute atomic E-state index is 0.151. The van der Waals surface area contributed by atoms with Gasteiger partial charge in [-0.1, -0.05) is 25.3 Å². The van der Waals surface area contributed by atoms with Gasteiger partial charge < -0.3 is 16.8 Å². The van der Waals surface area contributed by atoms with Crippen molar-refractivity contribution in [1.82, 2.24) is 14.9 Å². The fourth-order valence-electron chi connectivity index (χ4n) is 3.31. The molecule has 152 valence electrons. The number of benzene rings is 1. The molecule has 5 N–H and O–H groups in total. The molecule has 4 rings (SSSR count). The summed E-state index contributed by atoms with van der Waals surface area (Å²) in [5.41, 5.74) is 11.6. The van der Waals surface area contributed by atoms with Gasteiger partial charge in [-0.15, -0.1) is 0 Å². The lowest BCUT2D eigenvalue weighted by Crippen LogP contribution is -2.22. The third-order valence-corrected chi connectivity index (χ3v) is 5.24. The Balaban J connectivity index is 0.000000271. The van der Waals surface area contributed by atoms with E-state index in [-0.39, 0.29) is 11.6 Å². The van der Waals surface area contributed by atoms with E-state index in [0.29, 0.717) is 23.8 Å². The van der Waals surface area contributed by atoms with Crippen LogP contribution in [-0.4, -0.2) is 22.1 Å². The first-order valence-corrected chi connectivity index (χ1v) is 10.1. The molecule has 1 heterocycles. The number of anilines is 1. The van der Waals surface area contributed by atoms with Crippen molar-refractivity contribution in [2.24, 2.45) is 11.7 Å². The number of nitrogen functional groups attached to an aromatic ring is 1. The molecule has 6 nitrogen and oxygen atoms in total. The lowest BCUT2D eigenvalue weighted by Gasteiger charge is -2.15. The summed E-state index contributed by atoms with van der Waals surface area (Å²) in [5.74, 6) is 0.573. The van der Waals surface area contributed by atoms with E-state index in [9.17, 15) is 9.18 Å². The smallest absolute Gasteiger partial charge is 0.354 e. The van der Waals surface area contributed by atoms with E-state index in [4.69, 9.17) is 11.5 Å². The number of nitrogens with two attached hydrogens (primary N) is 2. The largest absolute Gasteiger partial charge is 0.383 e. The van der Waals surface area contributed by atoms with Gasteiger partial charge in [0.2, 0.25) is 0 Å². The predicted molar refractivity (Wildman–Crippen MR) is 110 cm³/mol. The van der Waals surface area contributed by atoms with Crippen molar-refractivity contribution in [3.63, 3.8) is 0 Å². The maximum Gasteiger partial charge on any atom is 0.354 e. The van der Waals surface area contributed by atoms with Crippen LogP contribution in [0.15, 0.2) is 35.3 Å². The Morgan fingerprint density at radius 2 is 1.89 bits per heavy atom. The Hall–Kier alpha value is -2.25. The van der Waals surface area contributed by atoms with Crippen molar-refractivity contribution in [3.8, 4) is 5.69 Å². The maximum atomic E-state index is 14.1. The van der Waals surface area contributed by atoms with E-state index >= 15 is 0 Å². The second-order valence-electron chi connectivity index (χ2n) is 7.75. The monoisotopic (exact) mass is 387 g/mol. The molecule has 7 heteroatoms. The molecule has 2 aromatic rings. The molecule has 0 unspecified atom stereocenters. The number of halogens is 1. The Morgan fingerprint density at radius 1 is 1.14 bits per heavy atom. The van der Waals surface area contributed by atoms with Crippen LogP contribution in [0.5, 0.6) is 0 Å². The van der Waals surface area contributed by atoms with Gasteiger partial charge >= 0.3 is 5.69 Å². The normalized spacial score (nSPS) is 17.1. The third-order valence-electron chi connectivity index (χ3n) is 5.24. The Kier molecular flexibility index (Phi) is 7.17. The molecule has 2 aliphatic carbocycles. The molecule has 0 radical (unpaired) electrons. The van der Waals surface area contributed by atoms with Crippen LogP contribution in [0.4, 0.5) is 10.2 Å². The molecule has 0 amide bonds. The molecule has 2 saturated carbocycles. The summed E-state index contributed by atoms with van der Waals surface area (Å²) >= 11 is 0. The maximum absolute atomic E-state index is 14.1. The Bertz CT molecular complexity index is 828. The standard InChI is InChI=1S/C15H17FN4O.C6H13N/c16-13-7-12(20-6-5-14(17)19-15(20)21)4-3-11(13)9-18-8-10-1-2-10;7-6-4-2-1-3-5-6/h3-7,10,18H,1-2,8-9H2,(H2,17,19,21);6H,1-5,7H2. The van der Waals surface area contributed by atoms with E-state index in [1.54, 1.807) is 12.1 Å². The molecular formula is C21H30FN5O. The van der Waals surface area contributed by atoms with Crippen molar-refractivity contribution in [2.75, 3.05) is 12.3 Å². The predicted octanol–water partition coefficient (Wildman–Crippen LogP) is 2.73. The summed E-state index contributed by atoms with van der Waals surface area (Å²) in [6.45, 7) is 1.43. The van der Waals surface area contributed by atoms with Crippen LogP contribution in [0.3, 0.4) is 0 Å². The molecule has 1 aromatic heterocycles. The average molecular weight is 388 g/mol. The second-order valence-corrected chi connectivity index (χ2v) is 7.75. The number of hydrogen-bond donors (Lipinski definition) is 3. The van der Waals surface area contributed by atoms with Crippen molar-refractivity contribution in [1.29, 1.82) is 0 Å². The molecule has 1 aromatic carbocycles. The van der Waals surface area contributed by atoms with Crippen LogP contribution < -0.4 is 22.5 Å². The molecule has 0 atom stereocenters. The first-order chi connectivity index (χ1) is 13.5. The number of nitrogens with zero attached hydrogens (tertiary/aromatic N) is 2. The highest BCUT2D eigenvalue weighted by Crippen LogP contribution is 2.27. The third kappa shape index (κ3) is 6.14. The van der Waals surface area contributed by atoms with Crippen LogP contribution in [0.1, 0.15) is 50.5 Å². The van der Waals surface area contributed by atoms with Gasteiger partial charge in [0.25, 0.3) is 0 Å². The van der Waals surface area contributed by atoms with Gasteiger partial charge in [-0.05, 0) is 56.3 Å². The zero-order valence-corrected chi connectivity index (χ0v) is 16.2. The molecule has 0 saturated heterocycles. The lowest BCUT2D eigenvalue weighted by molar-refractivity contribution is 0.441. The molecule has 0 bridgehead atoms. The number of hydrogen-bond acceptors (Lipinski definition) is 5. The van der Waals surface area contributed by atoms with Crippen molar-refractivity contribution >= 4 is 5.82 Å². The summed E-state index contributed by atoms with van der Waals surface area (Å²) in [7, 11) is 0. The van der Waals surface area contributed by atoms with Gasteiger partial charge in [-0.3, -0.25) is 4.57 Å². The fourth-order valence-corrected chi connectivity index (χ4v) is 3.31. The van der Waals surface area contributed by atoms with Crippen LogP contribution in [0, 0.1) is 11.7 Å². The average Bonchev–Trinajstić information content (AvgIpc) is 3.49. The molecule has 0 aliphatic heterocycles. The van der Waals surface area contributed by atoms with Crippen molar-refractivity contribution in [3.05, 3.63) is 52.3 Å². The summed E-state index contributed by atoms with van der Waals surface area (Å²) in [5, 5.41) is 3.25. The first-order valence-electron chi connectivity index (χ1n) is 10.1. The van der Waals surface area contributed by atoms with Gasteiger partial charge in [-0.25, -0.2) is 9.18 Å². The molecule has 2 aliphatic rings. The summed E-state index contributed by atoms with van der Waals surface area (Å²) in [6, 6.07) is 6.77. The minimum atomic E-state index is -0.519. The van der Waals surface area contributed by atoms with E-state index < -0.39 is 5.69 Å². The SMILES string of the molecule is NC1CCCCC1.Nc1ccn(-c2ccc(CNCC3CC3)c(F)c2)c(=O)n1. The molecule has 0 spiro atoms. The first kappa shape index (κ1) is 20.5. The number of nitrogens with one attached hydrogen (secondary N) is 1. The quantitative estimate of drug-likeness (QED) is 0.733. The van der Waals surface area contributed by atoms with E-state index in [1.807, 2.05) is 0 Å². The van der Waals surface area contributed by atoms with Gasteiger partial charge in [0.15, 0.2) is 0 Å². The number of rotatable bonds is 5. The van der Waals surface area contributed by atoms with E-state index in [0.717, 1.165) is 12.5 Å². The zero-order chi connectivity index (χ0) is 19.9. The van der Waals surface area contributed by atoms with E-state index in [2.05, 4.69) is 10.3 Å². The summed E-state index contributed by atoms with van der Waals surface area (Å²) < 4.78 is 15.4.